The minimum absolute atomic E-state index is 0.0150. The Morgan fingerprint density at radius 3 is 1.19 bits per heavy atom. The normalized spacial score (nSPS) is 13.9. The van der Waals surface area contributed by atoms with Crippen molar-refractivity contribution in [2.75, 3.05) is 13.2 Å². The van der Waals surface area contributed by atoms with Gasteiger partial charge in [0.15, 0.2) is 11.5 Å². The molecule has 0 aliphatic heterocycles. The molecule has 8 nitrogen and oxygen atoms in total. The van der Waals surface area contributed by atoms with Crippen molar-refractivity contribution in [3.05, 3.63) is 53.4 Å². The van der Waals surface area contributed by atoms with Gasteiger partial charge in [0.25, 0.3) is 0 Å². The summed E-state index contributed by atoms with van der Waals surface area (Å²) >= 11 is 37.5. The molecular formula is C34H40Cl6O8. The molecule has 0 aliphatic carbocycles. The molecule has 0 fully saturated rings. The Balaban J connectivity index is 2.35. The molecule has 266 valence electrons. The number of esters is 4. The molecule has 2 aromatic rings. The van der Waals surface area contributed by atoms with E-state index in [1.54, 1.807) is 0 Å². The molecule has 0 saturated heterocycles. The Labute approximate surface area is 311 Å². The summed E-state index contributed by atoms with van der Waals surface area (Å²) in [7, 11) is 0. The third kappa shape index (κ3) is 10.1. The smallest absolute Gasteiger partial charge is 0.423 e. The number of ether oxygens (including phenoxy) is 4. The van der Waals surface area contributed by atoms with E-state index >= 15 is 0 Å². The zero-order valence-electron chi connectivity index (χ0n) is 28.1. The molecule has 48 heavy (non-hydrogen) atoms. The number of halogens is 6. The van der Waals surface area contributed by atoms with Gasteiger partial charge in [0.2, 0.25) is 0 Å². The average Bonchev–Trinajstić information content (AvgIpc) is 3.01. The van der Waals surface area contributed by atoms with Gasteiger partial charge in [-0.2, -0.15) is 0 Å². The number of hydrogen-bond donors (Lipinski definition) is 0. The van der Waals surface area contributed by atoms with E-state index in [1.807, 2.05) is 13.8 Å². The van der Waals surface area contributed by atoms with E-state index in [0.29, 0.717) is 24.7 Å². The Morgan fingerprint density at radius 1 is 0.604 bits per heavy atom. The first kappa shape index (κ1) is 42.2. The van der Waals surface area contributed by atoms with Crippen molar-refractivity contribution in [2.24, 2.45) is 22.7 Å². The van der Waals surface area contributed by atoms with Gasteiger partial charge in [-0.1, -0.05) is 138 Å². The van der Waals surface area contributed by atoms with E-state index in [2.05, 4.69) is 41.5 Å². The molecule has 2 rings (SSSR count). The van der Waals surface area contributed by atoms with Crippen LogP contribution in [-0.4, -0.2) is 37.1 Å². The Bertz CT molecular complexity index is 1430. The van der Waals surface area contributed by atoms with Crippen molar-refractivity contribution in [1.82, 2.24) is 0 Å². The SMILES string of the molecule is CCC(C)(CCOC(=O)c1c(Cl)c(Cl)cc(Cl)c1OC(=O)C(=O)Oc1c(Cl)cc(Cl)c(Cl)c1C(=O)OCCC(C)(CC)C(C)C)C(C)C. The lowest BCUT2D eigenvalue weighted by Crippen LogP contribution is -2.28. The van der Waals surface area contributed by atoms with Crippen LogP contribution >= 0.6 is 69.6 Å². The van der Waals surface area contributed by atoms with Crippen LogP contribution in [0.4, 0.5) is 0 Å². The summed E-state index contributed by atoms with van der Waals surface area (Å²) in [5.74, 6) is -5.86. The predicted octanol–water partition coefficient (Wildman–Crippen LogP) is 11.4. The number of carbonyl (C=O) groups excluding carboxylic acids is 4. The second-order valence-corrected chi connectivity index (χ2v) is 15.0. The second kappa shape index (κ2) is 17.8. The highest BCUT2D eigenvalue weighted by Crippen LogP contribution is 2.42. The summed E-state index contributed by atoms with van der Waals surface area (Å²) in [4.78, 5) is 52.4. The van der Waals surface area contributed by atoms with E-state index in [0.717, 1.165) is 25.0 Å². The van der Waals surface area contributed by atoms with Crippen LogP contribution in [0.3, 0.4) is 0 Å². The van der Waals surface area contributed by atoms with Crippen molar-refractivity contribution in [3.63, 3.8) is 0 Å². The van der Waals surface area contributed by atoms with Gasteiger partial charge in [-0.05, 0) is 47.6 Å². The Hall–Kier alpha value is -1.94. The van der Waals surface area contributed by atoms with Gasteiger partial charge in [-0.3, -0.25) is 0 Å². The molecule has 2 unspecified atom stereocenters. The third-order valence-electron chi connectivity index (χ3n) is 9.43. The predicted molar refractivity (Wildman–Crippen MR) is 190 cm³/mol. The number of rotatable bonds is 14. The van der Waals surface area contributed by atoms with Crippen LogP contribution in [0.5, 0.6) is 11.5 Å². The summed E-state index contributed by atoms with van der Waals surface area (Å²) in [6.07, 6.45) is 2.75. The van der Waals surface area contributed by atoms with Gasteiger partial charge in [-0.25, -0.2) is 19.2 Å². The molecule has 2 aromatic carbocycles. The van der Waals surface area contributed by atoms with Crippen molar-refractivity contribution in [1.29, 1.82) is 0 Å². The highest BCUT2D eigenvalue weighted by Gasteiger charge is 2.33. The van der Waals surface area contributed by atoms with Gasteiger partial charge in [0.05, 0.1) is 43.3 Å². The summed E-state index contributed by atoms with van der Waals surface area (Å²) < 4.78 is 21.3. The van der Waals surface area contributed by atoms with Crippen LogP contribution in [0.2, 0.25) is 30.1 Å². The van der Waals surface area contributed by atoms with Crippen molar-refractivity contribution >= 4 is 93.5 Å². The van der Waals surface area contributed by atoms with Crippen LogP contribution < -0.4 is 9.47 Å². The minimum atomic E-state index is -1.65. The molecule has 0 saturated carbocycles. The maximum absolute atomic E-state index is 13.2. The molecule has 0 aliphatic rings. The van der Waals surface area contributed by atoms with Crippen LogP contribution in [0.1, 0.15) is 102 Å². The topological polar surface area (TPSA) is 105 Å². The molecule has 0 radical (unpaired) electrons. The van der Waals surface area contributed by atoms with E-state index < -0.39 is 46.5 Å². The van der Waals surface area contributed by atoms with Crippen molar-refractivity contribution in [2.45, 2.75) is 81.1 Å². The molecule has 14 heteroatoms. The van der Waals surface area contributed by atoms with E-state index in [1.165, 1.54) is 0 Å². The summed E-state index contributed by atoms with van der Waals surface area (Å²) in [5, 5.41) is -1.55. The Morgan fingerprint density at radius 2 is 0.917 bits per heavy atom. The quantitative estimate of drug-likeness (QED) is 0.0806. The summed E-state index contributed by atoms with van der Waals surface area (Å²) in [6, 6.07) is 2.24. The van der Waals surface area contributed by atoms with Gasteiger partial charge in [0, 0.05) is 0 Å². The fourth-order valence-electron chi connectivity index (χ4n) is 4.64. The van der Waals surface area contributed by atoms with E-state index in [4.69, 9.17) is 88.6 Å². The van der Waals surface area contributed by atoms with Crippen LogP contribution in [0.15, 0.2) is 12.1 Å². The molecule has 0 heterocycles. The molecule has 2 atom stereocenters. The molecule has 0 amide bonds. The first-order chi connectivity index (χ1) is 22.2. The highest BCUT2D eigenvalue weighted by molar-refractivity contribution is 6.47. The third-order valence-corrected chi connectivity index (χ3v) is 11.6. The monoisotopic (exact) mass is 786 g/mol. The van der Waals surface area contributed by atoms with Crippen LogP contribution in [-0.2, 0) is 19.1 Å². The van der Waals surface area contributed by atoms with Crippen molar-refractivity contribution < 1.29 is 38.1 Å². The fourth-order valence-corrected chi connectivity index (χ4v) is 6.07. The molecule has 0 aromatic heterocycles. The number of hydrogen-bond acceptors (Lipinski definition) is 8. The first-order valence-electron chi connectivity index (χ1n) is 15.4. The molecule has 0 spiro atoms. The molecule has 0 bridgehead atoms. The maximum atomic E-state index is 13.2. The van der Waals surface area contributed by atoms with Crippen LogP contribution in [0.25, 0.3) is 0 Å². The Kier molecular flexibility index (Phi) is 15.7. The lowest BCUT2D eigenvalue weighted by atomic mass is 9.74. The van der Waals surface area contributed by atoms with Crippen LogP contribution in [0, 0.1) is 22.7 Å². The van der Waals surface area contributed by atoms with Crippen molar-refractivity contribution in [3.8, 4) is 11.5 Å². The van der Waals surface area contributed by atoms with Gasteiger partial charge >= 0.3 is 23.9 Å². The standard InChI is InChI=1S/C34H40Cl6O8/c1-9-33(7,17(3)4)11-13-45-29(41)23-25(39)19(35)15-21(37)27(23)47-31(43)32(44)48-28-22(38)16-20(36)26(40)24(28)30(42)46-14-12-34(8,10-2)18(5)6/h15-18H,9-14H2,1-8H3. The lowest BCUT2D eigenvalue weighted by Gasteiger charge is -2.32. The minimum Gasteiger partial charge on any atom is -0.462 e. The highest BCUT2D eigenvalue weighted by atomic mass is 35.5. The molecule has 0 N–H and O–H groups in total. The lowest BCUT2D eigenvalue weighted by molar-refractivity contribution is -0.156. The largest absolute Gasteiger partial charge is 0.462 e. The van der Waals surface area contributed by atoms with E-state index in [-0.39, 0.29) is 54.2 Å². The van der Waals surface area contributed by atoms with E-state index in [9.17, 15) is 19.2 Å². The summed E-state index contributed by atoms with van der Waals surface area (Å²) in [6.45, 7) is 16.6. The number of carbonyl (C=O) groups is 4. The average molecular weight is 789 g/mol. The fraction of sp³-hybridized carbons (Fsp3) is 0.529. The van der Waals surface area contributed by atoms with Gasteiger partial charge in [-0.15, -0.1) is 0 Å². The zero-order valence-corrected chi connectivity index (χ0v) is 32.6. The second-order valence-electron chi connectivity index (χ2n) is 12.6. The maximum Gasteiger partial charge on any atom is 0.423 e. The zero-order chi connectivity index (χ0) is 36.7. The van der Waals surface area contributed by atoms with Gasteiger partial charge < -0.3 is 18.9 Å². The first-order valence-corrected chi connectivity index (χ1v) is 17.6. The summed E-state index contributed by atoms with van der Waals surface area (Å²) in [5.41, 5.74) is -1.18. The number of benzene rings is 2. The molecular weight excluding hydrogens is 749 g/mol. The van der Waals surface area contributed by atoms with Gasteiger partial charge in [0.1, 0.15) is 11.1 Å².